The van der Waals surface area contributed by atoms with E-state index in [0.29, 0.717) is 32.1 Å². The standard InChI is InChI=1S/C18H26N6O2/c1-12-9-13(2)22-16(21-12)3-5-19-17-10-15(14-4-8-26-11-14)23-18(24-17)20-6-7-25/h9-10,14,25H,3-8,11H2,1-2H3,(H2,19,20,23,24). The van der Waals surface area contributed by atoms with Crippen LogP contribution in [0.15, 0.2) is 12.1 Å². The zero-order valence-corrected chi connectivity index (χ0v) is 15.3. The third-order valence-corrected chi connectivity index (χ3v) is 4.17. The van der Waals surface area contributed by atoms with Crippen LogP contribution in [0.25, 0.3) is 0 Å². The van der Waals surface area contributed by atoms with Crippen LogP contribution in [-0.2, 0) is 11.2 Å². The summed E-state index contributed by atoms with van der Waals surface area (Å²) in [6.45, 7) is 6.54. The number of hydrogen-bond acceptors (Lipinski definition) is 8. The summed E-state index contributed by atoms with van der Waals surface area (Å²) in [5.41, 5.74) is 2.92. The molecule has 0 spiro atoms. The lowest BCUT2D eigenvalue weighted by Crippen LogP contribution is -2.15. The Morgan fingerprint density at radius 3 is 2.58 bits per heavy atom. The molecule has 0 amide bonds. The zero-order chi connectivity index (χ0) is 18.4. The Hall–Kier alpha value is -2.32. The average Bonchev–Trinajstić information content (AvgIpc) is 3.14. The average molecular weight is 358 g/mol. The number of nitrogens with zero attached hydrogens (tertiary/aromatic N) is 4. The summed E-state index contributed by atoms with van der Waals surface area (Å²) in [5, 5.41) is 15.4. The van der Waals surface area contributed by atoms with Gasteiger partial charge < -0.3 is 20.5 Å². The van der Waals surface area contributed by atoms with Gasteiger partial charge in [-0.15, -0.1) is 0 Å². The maximum Gasteiger partial charge on any atom is 0.224 e. The molecule has 1 saturated heterocycles. The molecule has 2 aromatic heterocycles. The second kappa shape index (κ2) is 8.86. The van der Waals surface area contributed by atoms with Crippen LogP contribution < -0.4 is 10.6 Å². The van der Waals surface area contributed by atoms with Crippen molar-refractivity contribution in [2.24, 2.45) is 0 Å². The van der Waals surface area contributed by atoms with Crippen molar-refractivity contribution in [3.05, 3.63) is 35.0 Å². The van der Waals surface area contributed by atoms with Crippen molar-refractivity contribution < 1.29 is 9.84 Å². The van der Waals surface area contributed by atoms with Crippen LogP contribution in [-0.4, -0.2) is 58.0 Å². The number of hydrogen-bond donors (Lipinski definition) is 3. The summed E-state index contributed by atoms with van der Waals surface area (Å²) in [7, 11) is 0. The fourth-order valence-electron chi connectivity index (χ4n) is 2.99. The number of aliphatic hydroxyl groups excluding tert-OH is 1. The Bertz CT molecular complexity index is 713. The molecule has 140 valence electrons. The molecule has 8 nitrogen and oxygen atoms in total. The van der Waals surface area contributed by atoms with Crippen LogP contribution in [0.1, 0.15) is 35.2 Å². The lowest BCUT2D eigenvalue weighted by molar-refractivity contribution is 0.193. The van der Waals surface area contributed by atoms with Gasteiger partial charge in [0.1, 0.15) is 11.6 Å². The van der Waals surface area contributed by atoms with E-state index in [0.717, 1.165) is 41.8 Å². The first kappa shape index (κ1) is 18.5. The summed E-state index contributed by atoms with van der Waals surface area (Å²) in [6, 6.07) is 3.95. The molecule has 1 atom stereocenters. The summed E-state index contributed by atoms with van der Waals surface area (Å²) < 4.78 is 5.48. The van der Waals surface area contributed by atoms with E-state index in [1.165, 1.54) is 0 Å². The maximum atomic E-state index is 9.02. The fourth-order valence-corrected chi connectivity index (χ4v) is 2.99. The minimum absolute atomic E-state index is 0.0347. The van der Waals surface area contributed by atoms with Crippen LogP contribution in [0.4, 0.5) is 11.8 Å². The molecule has 0 radical (unpaired) electrons. The molecule has 1 unspecified atom stereocenters. The van der Waals surface area contributed by atoms with E-state index in [1.54, 1.807) is 0 Å². The van der Waals surface area contributed by atoms with Crippen LogP contribution in [0.3, 0.4) is 0 Å². The molecular formula is C18H26N6O2. The molecule has 0 aromatic carbocycles. The molecule has 0 bridgehead atoms. The van der Waals surface area contributed by atoms with Crippen molar-refractivity contribution in [2.45, 2.75) is 32.6 Å². The molecule has 2 aromatic rings. The first-order valence-corrected chi connectivity index (χ1v) is 9.00. The summed E-state index contributed by atoms with van der Waals surface area (Å²) in [6.07, 6.45) is 1.68. The molecule has 1 aliphatic rings. The SMILES string of the molecule is Cc1cc(C)nc(CCNc2cc(C3CCOC3)nc(NCCO)n2)n1. The lowest BCUT2D eigenvalue weighted by Gasteiger charge is -2.13. The first-order valence-electron chi connectivity index (χ1n) is 9.00. The van der Waals surface area contributed by atoms with Crippen molar-refractivity contribution >= 4 is 11.8 Å². The molecule has 3 N–H and O–H groups in total. The smallest absolute Gasteiger partial charge is 0.224 e. The van der Waals surface area contributed by atoms with Crippen molar-refractivity contribution in [3.63, 3.8) is 0 Å². The van der Waals surface area contributed by atoms with Gasteiger partial charge in [-0.1, -0.05) is 0 Å². The van der Waals surface area contributed by atoms with E-state index >= 15 is 0 Å². The summed E-state index contributed by atoms with van der Waals surface area (Å²) in [5.74, 6) is 2.39. The molecule has 0 saturated carbocycles. The van der Waals surface area contributed by atoms with Crippen molar-refractivity contribution in [1.29, 1.82) is 0 Å². The van der Waals surface area contributed by atoms with Crippen LogP contribution >= 0.6 is 0 Å². The van der Waals surface area contributed by atoms with E-state index < -0.39 is 0 Å². The van der Waals surface area contributed by atoms with Gasteiger partial charge in [0.2, 0.25) is 5.95 Å². The molecule has 0 aliphatic carbocycles. The van der Waals surface area contributed by atoms with Crippen LogP contribution in [0, 0.1) is 13.8 Å². The molecule has 1 aliphatic heterocycles. The van der Waals surface area contributed by atoms with Crippen LogP contribution in [0.2, 0.25) is 0 Å². The van der Waals surface area contributed by atoms with E-state index in [1.807, 2.05) is 26.0 Å². The molecule has 8 heteroatoms. The Kier molecular flexibility index (Phi) is 6.30. The summed E-state index contributed by atoms with van der Waals surface area (Å²) in [4.78, 5) is 18.0. The van der Waals surface area contributed by atoms with Gasteiger partial charge in [0.05, 0.1) is 18.9 Å². The van der Waals surface area contributed by atoms with E-state index in [9.17, 15) is 0 Å². The van der Waals surface area contributed by atoms with Gasteiger partial charge in [-0.25, -0.2) is 15.0 Å². The summed E-state index contributed by atoms with van der Waals surface area (Å²) >= 11 is 0. The van der Waals surface area contributed by atoms with Crippen molar-refractivity contribution in [3.8, 4) is 0 Å². The highest BCUT2D eigenvalue weighted by atomic mass is 16.5. The molecule has 1 fully saturated rings. The molecule has 3 heterocycles. The topological polar surface area (TPSA) is 105 Å². The Balaban J connectivity index is 1.67. The highest BCUT2D eigenvalue weighted by Crippen LogP contribution is 2.26. The van der Waals surface area contributed by atoms with E-state index in [2.05, 4.69) is 30.6 Å². The minimum Gasteiger partial charge on any atom is -0.395 e. The molecule has 3 rings (SSSR count). The first-order chi connectivity index (χ1) is 12.6. The van der Waals surface area contributed by atoms with Gasteiger partial charge in [0, 0.05) is 49.5 Å². The van der Waals surface area contributed by atoms with Gasteiger partial charge in [-0.3, -0.25) is 0 Å². The normalized spacial score (nSPS) is 16.7. The monoisotopic (exact) mass is 358 g/mol. The fraction of sp³-hybridized carbons (Fsp3) is 0.556. The Labute approximate surface area is 153 Å². The molecule has 26 heavy (non-hydrogen) atoms. The third kappa shape index (κ3) is 5.09. The number of anilines is 2. The van der Waals surface area contributed by atoms with E-state index in [4.69, 9.17) is 9.84 Å². The number of nitrogens with one attached hydrogen (secondary N) is 2. The highest BCUT2D eigenvalue weighted by Gasteiger charge is 2.20. The third-order valence-electron chi connectivity index (χ3n) is 4.17. The zero-order valence-electron chi connectivity index (χ0n) is 15.3. The maximum absolute atomic E-state index is 9.02. The predicted octanol–water partition coefficient (Wildman–Crippen LogP) is 1.45. The van der Waals surface area contributed by atoms with Gasteiger partial charge in [-0.2, -0.15) is 4.98 Å². The molecular weight excluding hydrogens is 332 g/mol. The number of ether oxygens (including phenoxy) is 1. The number of aryl methyl sites for hydroxylation is 2. The van der Waals surface area contributed by atoms with Crippen LogP contribution in [0.5, 0.6) is 0 Å². The van der Waals surface area contributed by atoms with Gasteiger partial charge in [0.25, 0.3) is 0 Å². The Morgan fingerprint density at radius 1 is 1.08 bits per heavy atom. The van der Waals surface area contributed by atoms with E-state index in [-0.39, 0.29) is 12.5 Å². The second-order valence-electron chi connectivity index (χ2n) is 6.46. The van der Waals surface area contributed by atoms with Gasteiger partial charge in [0.15, 0.2) is 0 Å². The Morgan fingerprint density at radius 2 is 1.88 bits per heavy atom. The second-order valence-corrected chi connectivity index (χ2v) is 6.46. The minimum atomic E-state index is 0.0347. The quantitative estimate of drug-likeness (QED) is 0.651. The largest absolute Gasteiger partial charge is 0.395 e. The number of aliphatic hydroxyl groups is 1. The lowest BCUT2D eigenvalue weighted by atomic mass is 10.0. The highest BCUT2D eigenvalue weighted by molar-refractivity contribution is 5.43. The number of rotatable bonds is 8. The van der Waals surface area contributed by atoms with Gasteiger partial charge in [-0.05, 0) is 26.3 Å². The van der Waals surface area contributed by atoms with Crippen molar-refractivity contribution in [2.75, 3.05) is 43.5 Å². The number of aromatic nitrogens is 4. The van der Waals surface area contributed by atoms with Gasteiger partial charge >= 0.3 is 0 Å². The van der Waals surface area contributed by atoms with Crippen molar-refractivity contribution in [1.82, 2.24) is 19.9 Å². The predicted molar refractivity (Wildman–Crippen MR) is 99.5 cm³/mol.